The first-order valence-electron chi connectivity index (χ1n) is 9.04. The van der Waals surface area contributed by atoms with E-state index in [-0.39, 0.29) is 29.6 Å². The molecule has 2 N–H and O–H groups in total. The van der Waals surface area contributed by atoms with Gasteiger partial charge in [0, 0.05) is 18.4 Å². The van der Waals surface area contributed by atoms with Crippen LogP contribution < -0.4 is 0 Å². The van der Waals surface area contributed by atoms with Crippen molar-refractivity contribution in [3.63, 3.8) is 0 Å². The van der Waals surface area contributed by atoms with Crippen LogP contribution in [0.5, 0.6) is 5.75 Å². The summed E-state index contributed by atoms with van der Waals surface area (Å²) >= 11 is 0. The predicted molar refractivity (Wildman–Crippen MR) is 93.0 cm³/mol. The zero-order valence-electron chi connectivity index (χ0n) is 14.7. The van der Waals surface area contributed by atoms with Gasteiger partial charge >= 0.3 is 0 Å². The normalized spacial score (nSPS) is 45.2. The second-order valence-corrected chi connectivity index (χ2v) is 8.23. The number of ether oxygens (including phenoxy) is 1. The van der Waals surface area contributed by atoms with Gasteiger partial charge in [0.1, 0.15) is 11.9 Å². The van der Waals surface area contributed by atoms with Crippen LogP contribution in [-0.4, -0.2) is 35.2 Å². The van der Waals surface area contributed by atoms with Crippen molar-refractivity contribution in [3.8, 4) is 18.1 Å². The Hall–Kier alpha value is -1.57. The summed E-state index contributed by atoms with van der Waals surface area (Å²) in [5.41, 5.74) is -0.0741. The van der Waals surface area contributed by atoms with E-state index in [2.05, 4.69) is 5.92 Å². The van der Waals surface area contributed by atoms with Crippen LogP contribution in [0.2, 0.25) is 0 Å². The number of alkyl halides is 1. The molecular formula is C21H25FO3. The molecule has 0 radical (unpaired) electrons. The maximum Gasteiger partial charge on any atom is 0.161 e. The van der Waals surface area contributed by atoms with Crippen LogP contribution in [0.25, 0.3) is 0 Å². The van der Waals surface area contributed by atoms with Crippen LogP contribution in [-0.2, 0) is 11.2 Å². The first kappa shape index (κ1) is 16.9. The van der Waals surface area contributed by atoms with E-state index in [0.717, 1.165) is 18.4 Å². The Morgan fingerprint density at radius 1 is 1.40 bits per heavy atom. The van der Waals surface area contributed by atoms with Gasteiger partial charge in [-0.15, -0.1) is 6.42 Å². The highest BCUT2D eigenvalue weighted by Gasteiger charge is 2.68. The molecule has 0 bridgehead atoms. The van der Waals surface area contributed by atoms with Crippen LogP contribution in [0.3, 0.4) is 0 Å². The van der Waals surface area contributed by atoms with Gasteiger partial charge in [-0.3, -0.25) is 0 Å². The van der Waals surface area contributed by atoms with Crippen LogP contribution in [0, 0.1) is 29.6 Å². The van der Waals surface area contributed by atoms with Gasteiger partial charge in [-0.2, -0.15) is 0 Å². The Bertz CT molecular complexity index is 741. The Morgan fingerprint density at radius 3 is 2.84 bits per heavy atom. The topological polar surface area (TPSA) is 49.7 Å². The number of hydrogen-bond acceptors (Lipinski definition) is 3. The van der Waals surface area contributed by atoms with E-state index >= 15 is 0 Å². The largest absolute Gasteiger partial charge is 0.508 e. The van der Waals surface area contributed by atoms with Crippen molar-refractivity contribution >= 4 is 0 Å². The number of phenolic OH excluding ortho intramolecular Hbond substituents is 1. The Morgan fingerprint density at radius 2 is 2.16 bits per heavy atom. The molecule has 1 aromatic rings. The summed E-state index contributed by atoms with van der Waals surface area (Å²) in [6, 6.07) is 5.52. The molecule has 2 fully saturated rings. The minimum atomic E-state index is -1.73. The van der Waals surface area contributed by atoms with E-state index in [0.29, 0.717) is 12.8 Å². The summed E-state index contributed by atoms with van der Waals surface area (Å²) in [4.78, 5) is 0. The highest BCUT2D eigenvalue weighted by atomic mass is 18.2. The molecule has 1 aromatic carbocycles. The minimum Gasteiger partial charge on any atom is -0.508 e. The molecule has 4 heteroatoms. The van der Waals surface area contributed by atoms with Crippen molar-refractivity contribution in [2.75, 3.05) is 7.11 Å². The highest BCUT2D eigenvalue weighted by molar-refractivity contribution is 5.42. The molecule has 25 heavy (non-hydrogen) atoms. The first-order chi connectivity index (χ1) is 11.9. The lowest BCUT2D eigenvalue weighted by molar-refractivity contribution is -0.126. The third kappa shape index (κ3) is 2.06. The summed E-state index contributed by atoms with van der Waals surface area (Å²) in [6.45, 7) is 1.94. The van der Waals surface area contributed by atoms with Gasteiger partial charge in [-0.05, 0) is 60.8 Å². The van der Waals surface area contributed by atoms with E-state index < -0.39 is 17.2 Å². The highest BCUT2D eigenvalue weighted by Crippen LogP contribution is 2.65. The molecule has 4 rings (SSSR count). The van der Waals surface area contributed by atoms with E-state index in [4.69, 9.17) is 11.2 Å². The average Bonchev–Trinajstić information content (AvgIpc) is 2.81. The lowest BCUT2D eigenvalue weighted by Crippen LogP contribution is -2.56. The third-order valence-corrected chi connectivity index (χ3v) is 7.36. The van der Waals surface area contributed by atoms with Crippen molar-refractivity contribution in [2.45, 2.75) is 56.4 Å². The van der Waals surface area contributed by atoms with Gasteiger partial charge in [0.05, 0.1) is 6.10 Å². The summed E-state index contributed by atoms with van der Waals surface area (Å²) in [5.74, 6) is 3.07. The SMILES string of the molecule is C#C[C@@]1(O)[C@H]([18F])C[C@H]2[C@@H]3CCc4cc(O)ccc4[C@H]3[C@@H](OC)C[C@@]21C. The Kier molecular flexibility index (Phi) is 3.69. The number of phenols is 1. The molecule has 0 aromatic heterocycles. The quantitative estimate of drug-likeness (QED) is 0.770. The average molecular weight is 343 g/mol. The smallest absolute Gasteiger partial charge is 0.161 e. The van der Waals surface area contributed by atoms with E-state index in [9.17, 15) is 14.6 Å². The van der Waals surface area contributed by atoms with E-state index in [1.807, 2.05) is 19.1 Å². The molecule has 7 atom stereocenters. The Labute approximate surface area is 148 Å². The summed E-state index contributed by atoms with van der Waals surface area (Å²) in [5, 5.41) is 20.8. The second kappa shape index (κ2) is 5.46. The molecule has 0 saturated heterocycles. The van der Waals surface area contributed by atoms with E-state index in [1.165, 1.54) is 5.56 Å². The number of aromatic hydroxyl groups is 1. The predicted octanol–water partition coefficient (Wildman–Crippen LogP) is 3.19. The van der Waals surface area contributed by atoms with Gasteiger partial charge in [0.25, 0.3) is 0 Å². The lowest BCUT2D eigenvalue weighted by Gasteiger charge is -2.54. The van der Waals surface area contributed by atoms with E-state index in [1.54, 1.807) is 13.2 Å². The van der Waals surface area contributed by atoms with Crippen molar-refractivity contribution in [1.29, 1.82) is 0 Å². The van der Waals surface area contributed by atoms with Crippen LogP contribution in [0.15, 0.2) is 18.2 Å². The molecule has 2 saturated carbocycles. The first-order valence-corrected chi connectivity index (χ1v) is 9.04. The van der Waals surface area contributed by atoms with Crippen LogP contribution in [0.1, 0.15) is 43.2 Å². The fourth-order valence-electron chi connectivity index (χ4n) is 6.07. The maximum atomic E-state index is 14.8. The van der Waals surface area contributed by atoms with Crippen molar-refractivity contribution in [1.82, 2.24) is 0 Å². The van der Waals surface area contributed by atoms with Crippen LogP contribution in [0.4, 0.5) is 4.39 Å². The number of terminal acetylenes is 1. The number of fused-ring (bicyclic) bond motifs is 5. The minimum absolute atomic E-state index is 0.0295. The summed E-state index contributed by atoms with van der Waals surface area (Å²) < 4.78 is 20.6. The molecular weight excluding hydrogens is 318 g/mol. The zero-order chi connectivity index (χ0) is 18.0. The monoisotopic (exact) mass is 343 g/mol. The molecule has 3 nitrogen and oxygen atoms in total. The molecule has 0 aliphatic heterocycles. The number of aryl methyl sites for hydroxylation is 1. The zero-order valence-corrected chi connectivity index (χ0v) is 14.7. The van der Waals surface area contributed by atoms with Crippen molar-refractivity contribution < 1.29 is 19.3 Å². The van der Waals surface area contributed by atoms with Crippen molar-refractivity contribution in [3.05, 3.63) is 29.3 Å². The maximum absolute atomic E-state index is 14.8. The molecule has 3 aliphatic rings. The summed E-state index contributed by atoms with van der Waals surface area (Å²) in [7, 11) is 1.68. The molecule has 0 amide bonds. The number of rotatable bonds is 1. The number of benzene rings is 1. The molecule has 0 heterocycles. The lowest BCUT2D eigenvalue weighted by atomic mass is 9.52. The fraction of sp³-hybridized carbons (Fsp3) is 0.619. The van der Waals surface area contributed by atoms with Crippen LogP contribution >= 0.6 is 0 Å². The molecule has 0 unspecified atom stereocenters. The van der Waals surface area contributed by atoms with Gasteiger partial charge in [0.15, 0.2) is 5.60 Å². The molecule has 134 valence electrons. The second-order valence-electron chi connectivity index (χ2n) is 8.23. The standard InChI is InChI=1S/C21H25FO3/c1-4-21(24)18(22)10-16-15-7-5-12-9-13(23)6-8-14(12)19(15)17(25-3)11-20(16,21)2/h1,6,8-9,15-19,23-24H,5,7,10-11H2,2-3H3/t15-,16-,17-,18+,19+,20-,21+/m0/s1/i22-1. The van der Waals surface area contributed by atoms with Gasteiger partial charge in [-0.25, -0.2) is 4.39 Å². The Balaban J connectivity index is 1.81. The van der Waals surface area contributed by atoms with Crippen molar-refractivity contribution in [2.24, 2.45) is 17.3 Å². The number of methoxy groups -OCH3 is 1. The number of aliphatic hydroxyl groups is 1. The number of hydrogen-bond donors (Lipinski definition) is 2. The third-order valence-electron chi connectivity index (χ3n) is 7.36. The van der Waals surface area contributed by atoms with Gasteiger partial charge in [0.2, 0.25) is 0 Å². The van der Waals surface area contributed by atoms with Gasteiger partial charge in [-0.1, -0.05) is 18.9 Å². The molecule has 0 spiro atoms. The molecule has 3 aliphatic carbocycles. The fourth-order valence-corrected chi connectivity index (χ4v) is 6.07. The van der Waals surface area contributed by atoms with Gasteiger partial charge < -0.3 is 14.9 Å². The number of halogens is 1. The summed E-state index contributed by atoms with van der Waals surface area (Å²) in [6.07, 6.45) is 6.66.